The molecule has 0 amide bonds. The lowest BCUT2D eigenvalue weighted by molar-refractivity contribution is -0.119. The van der Waals surface area contributed by atoms with Crippen LogP contribution in [0.3, 0.4) is 0 Å². The van der Waals surface area contributed by atoms with Crippen molar-refractivity contribution < 1.29 is 19.1 Å². The van der Waals surface area contributed by atoms with Crippen LogP contribution in [0.2, 0.25) is 10.0 Å². The van der Waals surface area contributed by atoms with E-state index in [1.165, 1.54) is 0 Å². The molecular weight excluding hydrogens is 637 g/mol. The molecule has 0 saturated carbocycles. The maximum absolute atomic E-state index is 14.0. The summed E-state index contributed by atoms with van der Waals surface area (Å²) in [4.78, 5) is 30.2. The second kappa shape index (κ2) is 11.7. The summed E-state index contributed by atoms with van der Waals surface area (Å²) in [6, 6.07) is 9.32. The van der Waals surface area contributed by atoms with Crippen LogP contribution in [0.4, 0.5) is 0 Å². The summed E-state index contributed by atoms with van der Waals surface area (Å²) >= 11 is 16.0. The van der Waals surface area contributed by atoms with Crippen LogP contribution >= 0.6 is 39.1 Å². The van der Waals surface area contributed by atoms with E-state index in [9.17, 15) is 9.59 Å². The summed E-state index contributed by atoms with van der Waals surface area (Å²) in [6.07, 6.45) is 2.47. The van der Waals surface area contributed by atoms with E-state index in [1.54, 1.807) is 12.1 Å². The number of hydrogen-bond acceptors (Lipinski definition) is 5. The Labute approximate surface area is 267 Å². The number of ether oxygens (including phenoxy) is 2. The van der Waals surface area contributed by atoms with Gasteiger partial charge in [0.1, 0.15) is 6.61 Å². The molecule has 0 saturated heterocycles. The maximum atomic E-state index is 14.0. The van der Waals surface area contributed by atoms with Crippen molar-refractivity contribution in [1.29, 1.82) is 0 Å². The van der Waals surface area contributed by atoms with Crippen molar-refractivity contribution in [3.8, 4) is 11.5 Å². The van der Waals surface area contributed by atoms with Gasteiger partial charge in [0.15, 0.2) is 23.1 Å². The summed E-state index contributed by atoms with van der Waals surface area (Å²) in [7, 11) is 0. The Morgan fingerprint density at radius 2 is 1.45 bits per heavy atom. The molecule has 5 nitrogen and oxygen atoms in total. The third-order valence-electron chi connectivity index (χ3n) is 8.37. The zero-order valence-electron chi connectivity index (χ0n) is 25.1. The van der Waals surface area contributed by atoms with Gasteiger partial charge in [-0.25, -0.2) is 0 Å². The summed E-state index contributed by atoms with van der Waals surface area (Å²) in [5.41, 5.74) is 5.03. The van der Waals surface area contributed by atoms with Crippen LogP contribution in [0.5, 0.6) is 11.5 Å². The minimum absolute atomic E-state index is 0.114. The minimum Gasteiger partial charge on any atom is -0.490 e. The zero-order valence-corrected chi connectivity index (χ0v) is 28.2. The maximum Gasteiger partial charge on any atom is 0.175 e. The van der Waals surface area contributed by atoms with Gasteiger partial charge < -0.3 is 14.4 Å². The highest BCUT2D eigenvalue weighted by atomic mass is 79.9. The lowest BCUT2D eigenvalue weighted by Crippen LogP contribution is -2.44. The highest BCUT2D eigenvalue weighted by Crippen LogP contribution is 2.55. The van der Waals surface area contributed by atoms with E-state index in [0.717, 1.165) is 46.5 Å². The van der Waals surface area contributed by atoms with Crippen molar-refractivity contribution in [2.24, 2.45) is 10.8 Å². The number of allylic oxidation sites excluding steroid dienone is 4. The smallest absolute Gasteiger partial charge is 0.175 e. The number of carbonyl (C=O) groups is 2. The third kappa shape index (κ3) is 5.92. The fourth-order valence-corrected chi connectivity index (χ4v) is 7.60. The standard InChI is InChI=1S/C34H38BrCl2NO4/c1-7-38-24-14-33(3,4)16-26(39)30(24)29(31-25(38)15-34(5,6)17-27(31)40)20-12-21(35)32(28(13-20)41-8-2)42-18-19-9-10-22(36)23(37)11-19/h9-13,29H,7-8,14-18H2,1-6H3. The molecule has 1 aliphatic heterocycles. The van der Waals surface area contributed by atoms with Gasteiger partial charge in [0.2, 0.25) is 0 Å². The molecule has 0 radical (unpaired) electrons. The van der Waals surface area contributed by atoms with Crippen LogP contribution in [0.25, 0.3) is 0 Å². The molecule has 5 rings (SSSR count). The number of halogens is 3. The van der Waals surface area contributed by atoms with E-state index in [-0.39, 0.29) is 29.0 Å². The second-order valence-electron chi connectivity index (χ2n) is 13.1. The van der Waals surface area contributed by atoms with Gasteiger partial charge in [0, 0.05) is 47.8 Å². The van der Waals surface area contributed by atoms with E-state index in [1.807, 2.05) is 25.1 Å². The van der Waals surface area contributed by atoms with Crippen molar-refractivity contribution in [2.45, 2.75) is 79.8 Å². The molecule has 0 unspecified atom stereocenters. The molecule has 0 fully saturated rings. The first-order valence-corrected chi connectivity index (χ1v) is 16.1. The average Bonchev–Trinajstić information content (AvgIpc) is 2.87. The van der Waals surface area contributed by atoms with Crippen molar-refractivity contribution in [2.75, 3.05) is 13.2 Å². The molecular formula is C34H38BrCl2NO4. The van der Waals surface area contributed by atoms with Crippen LogP contribution in [0.1, 0.15) is 84.3 Å². The third-order valence-corrected chi connectivity index (χ3v) is 9.70. The number of benzene rings is 2. The van der Waals surface area contributed by atoms with Gasteiger partial charge in [0.05, 0.1) is 21.1 Å². The Hall–Kier alpha value is -2.28. The number of carbonyl (C=O) groups excluding carboxylic acids is 2. The van der Waals surface area contributed by atoms with Crippen molar-refractivity contribution in [1.82, 2.24) is 4.90 Å². The van der Waals surface area contributed by atoms with Crippen LogP contribution < -0.4 is 9.47 Å². The van der Waals surface area contributed by atoms with Gasteiger partial charge in [0.25, 0.3) is 0 Å². The van der Waals surface area contributed by atoms with Gasteiger partial charge in [-0.2, -0.15) is 0 Å². The molecule has 8 heteroatoms. The normalized spacial score (nSPS) is 20.1. The highest BCUT2D eigenvalue weighted by molar-refractivity contribution is 9.10. The first-order valence-electron chi connectivity index (χ1n) is 14.6. The summed E-state index contributed by atoms with van der Waals surface area (Å²) in [6.45, 7) is 14.0. The van der Waals surface area contributed by atoms with Crippen LogP contribution in [0, 0.1) is 10.8 Å². The summed E-state index contributed by atoms with van der Waals surface area (Å²) in [5, 5.41) is 0.947. The van der Waals surface area contributed by atoms with E-state index in [2.05, 4.69) is 55.4 Å². The lowest BCUT2D eigenvalue weighted by atomic mass is 9.63. The molecule has 2 aromatic rings. The average molecular weight is 675 g/mol. The molecule has 224 valence electrons. The minimum atomic E-state index is -0.454. The Kier molecular flexibility index (Phi) is 8.65. The molecule has 2 aliphatic carbocycles. The number of Topliss-reactive ketones (excluding diaryl/α,β-unsaturated/α-hetero) is 2. The number of rotatable bonds is 7. The zero-order chi connectivity index (χ0) is 30.6. The molecule has 0 aromatic heterocycles. The Bertz CT molecular complexity index is 1470. The molecule has 42 heavy (non-hydrogen) atoms. The lowest BCUT2D eigenvalue weighted by Gasteiger charge is -2.49. The first kappa shape index (κ1) is 31.2. The van der Waals surface area contributed by atoms with Gasteiger partial charge in [-0.15, -0.1) is 0 Å². The predicted octanol–water partition coefficient (Wildman–Crippen LogP) is 9.44. The Balaban J connectivity index is 1.65. The van der Waals surface area contributed by atoms with Crippen LogP contribution in [0.15, 0.2) is 57.3 Å². The second-order valence-corrected chi connectivity index (χ2v) is 14.7. The van der Waals surface area contributed by atoms with Gasteiger partial charge in [-0.3, -0.25) is 9.59 Å². The van der Waals surface area contributed by atoms with Crippen LogP contribution in [-0.2, 0) is 16.2 Å². The van der Waals surface area contributed by atoms with Gasteiger partial charge in [-0.05, 0) is 88.8 Å². The van der Waals surface area contributed by atoms with E-state index < -0.39 is 5.92 Å². The highest BCUT2D eigenvalue weighted by Gasteiger charge is 2.48. The van der Waals surface area contributed by atoms with Crippen molar-refractivity contribution in [3.63, 3.8) is 0 Å². The van der Waals surface area contributed by atoms with Crippen LogP contribution in [-0.4, -0.2) is 29.6 Å². The molecule has 0 bridgehead atoms. The van der Waals surface area contributed by atoms with E-state index >= 15 is 0 Å². The van der Waals surface area contributed by atoms with Crippen molar-refractivity contribution >= 4 is 50.7 Å². The van der Waals surface area contributed by atoms with Gasteiger partial charge >= 0.3 is 0 Å². The molecule has 0 N–H and O–H groups in total. The van der Waals surface area contributed by atoms with Gasteiger partial charge in [-0.1, -0.05) is 57.0 Å². The monoisotopic (exact) mass is 673 g/mol. The Morgan fingerprint density at radius 1 is 0.857 bits per heavy atom. The quantitative estimate of drug-likeness (QED) is 0.293. The fraction of sp³-hybridized carbons (Fsp3) is 0.471. The largest absolute Gasteiger partial charge is 0.490 e. The fourth-order valence-electron chi connectivity index (χ4n) is 6.71. The molecule has 2 aromatic carbocycles. The molecule has 0 atom stereocenters. The number of hydrogen-bond donors (Lipinski definition) is 0. The van der Waals surface area contributed by atoms with E-state index in [0.29, 0.717) is 52.0 Å². The summed E-state index contributed by atoms with van der Waals surface area (Å²) < 4.78 is 13.0. The predicted molar refractivity (Wildman–Crippen MR) is 171 cm³/mol. The molecule has 3 aliphatic rings. The first-order chi connectivity index (χ1) is 19.7. The number of ketones is 2. The van der Waals surface area contributed by atoms with E-state index in [4.69, 9.17) is 32.7 Å². The molecule has 1 heterocycles. The summed E-state index contributed by atoms with van der Waals surface area (Å²) in [5.74, 6) is 0.875. The number of nitrogens with zero attached hydrogens (tertiary/aromatic N) is 1. The van der Waals surface area contributed by atoms with Crippen molar-refractivity contribution in [3.05, 3.63) is 78.5 Å². The molecule has 0 spiro atoms. The SMILES string of the molecule is CCOc1cc(C2C3=C(CC(C)(C)CC3=O)N(CC)C3=C2C(=O)CC(C)(C)C3)cc(Br)c1OCc1ccc(Cl)c(Cl)c1. The topological polar surface area (TPSA) is 55.8 Å². The Morgan fingerprint density at radius 3 is 1.98 bits per heavy atom.